The second-order valence-corrected chi connectivity index (χ2v) is 7.44. The summed E-state index contributed by atoms with van der Waals surface area (Å²) in [7, 11) is 3.21. The molecule has 2 rings (SSSR count). The maximum absolute atomic E-state index is 12.2. The van der Waals surface area contributed by atoms with Gasteiger partial charge in [0.25, 0.3) is 0 Å². The van der Waals surface area contributed by atoms with Crippen LogP contribution in [-0.2, 0) is 16.1 Å². The Morgan fingerprint density at radius 2 is 2.04 bits per heavy atom. The summed E-state index contributed by atoms with van der Waals surface area (Å²) in [4.78, 5) is 26.4. The number of piperidine rings is 1. The number of hydrogen-bond donors (Lipinski definition) is 1. The lowest BCUT2D eigenvalue weighted by Crippen LogP contribution is -2.42. The van der Waals surface area contributed by atoms with E-state index in [0.717, 1.165) is 43.7 Å². The average Bonchev–Trinajstić information content (AvgIpc) is 2.70. The van der Waals surface area contributed by atoms with Crippen molar-refractivity contribution in [2.24, 2.45) is 11.8 Å². The minimum atomic E-state index is 0.0279. The van der Waals surface area contributed by atoms with Crippen LogP contribution in [0.1, 0.15) is 45.1 Å². The van der Waals surface area contributed by atoms with Crippen LogP contribution < -0.4 is 14.8 Å². The maximum Gasteiger partial charge on any atom is 0.225 e. The van der Waals surface area contributed by atoms with Crippen LogP contribution in [-0.4, -0.2) is 44.0 Å². The summed E-state index contributed by atoms with van der Waals surface area (Å²) in [5, 5.41) is 2.96. The molecule has 150 valence electrons. The predicted octanol–water partition coefficient (Wildman–Crippen LogP) is 2.99. The van der Waals surface area contributed by atoms with Crippen molar-refractivity contribution in [3.63, 3.8) is 0 Å². The Morgan fingerprint density at radius 3 is 2.70 bits per heavy atom. The Hall–Kier alpha value is -2.24. The van der Waals surface area contributed by atoms with E-state index in [1.54, 1.807) is 14.2 Å². The van der Waals surface area contributed by atoms with Crippen molar-refractivity contribution in [3.05, 3.63) is 23.8 Å². The lowest BCUT2D eigenvalue weighted by atomic mass is 9.92. The van der Waals surface area contributed by atoms with E-state index in [1.807, 2.05) is 36.9 Å². The van der Waals surface area contributed by atoms with Crippen LogP contribution in [0.25, 0.3) is 0 Å². The zero-order chi connectivity index (χ0) is 19.8. The average molecular weight is 376 g/mol. The van der Waals surface area contributed by atoms with E-state index in [9.17, 15) is 9.59 Å². The molecule has 0 radical (unpaired) electrons. The molecule has 0 spiro atoms. The zero-order valence-corrected chi connectivity index (χ0v) is 16.9. The number of amides is 2. The molecule has 1 heterocycles. The molecular formula is C21H32N2O4. The summed E-state index contributed by atoms with van der Waals surface area (Å²) in [5.74, 6) is 2.11. The monoisotopic (exact) mass is 376 g/mol. The van der Waals surface area contributed by atoms with Gasteiger partial charge in [0.1, 0.15) is 11.5 Å². The van der Waals surface area contributed by atoms with E-state index >= 15 is 0 Å². The number of carbonyl (C=O) groups excluding carboxylic acids is 2. The van der Waals surface area contributed by atoms with Gasteiger partial charge in [0.2, 0.25) is 11.8 Å². The number of carbonyl (C=O) groups is 2. The first-order valence-corrected chi connectivity index (χ1v) is 9.71. The molecule has 6 heteroatoms. The smallest absolute Gasteiger partial charge is 0.225 e. The summed E-state index contributed by atoms with van der Waals surface area (Å²) < 4.78 is 10.5. The van der Waals surface area contributed by atoms with Crippen LogP contribution in [0.15, 0.2) is 18.2 Å². The van der Waals surface area contributed by atoms with Gasteiger partial charge >= 0.3 is 0 Å². The number of ether oxygens (including phenoxy) is 2. The minimum Gasteiger partial charge on any atom is -0.497 e. The first-order chi connectivity index (χ1) is 12.9. The molecule has 0 aromatic heterocycles. The van der Waals surface area contributed by atoms with Crippen molar-refractivity contribution in [2.45, 2.75) is 46.1 Å². The molecule has 1 aromatic rings. The van der Waals surface area contributed by atoms with Gasteiger partial charge in [-0.2, -0.15) is 0 Å². The van der Waals surface area contributed by atoms with Crippen LogP contribution in [0, 0.1) is 11.8 Å². The highest BCUT2D eigenvalue weighted by molar-refractivity contribution is 5.78. The van der Waals surface area contributed by atoms with E-state index in [0.29, 0.717) is 24.6 Å². The van der Waals surface area contributed by atoms with E-state index in [2.05, 4.69) is 5.32 Å². The lowest BCUT2D eigenvalue weighted by Gasteiger charge is -2.33. The van der Waals surface area contributed by atoms with Crippen molar-refractivity contribution >= 4 is 11.8 Å². The second-order valence-electron chi connectivity index (χ2n) is 7.44. The fraction of sp³-hybridized carbons (Fsp3) is 0.619. The third kappa shape index (κ3) is 6.15. The first-order valence-electron chi connectivity index (χ1n) is 9.71. The molecule has 1 aromatic carbocycles. The molecule has 0 saturated carbocycles. The number of rotatable bonds is 8. The van der Waals surface area contributed by atoms with Crippen molar-refractivity contribution in [3.8, 4) is 11.5 Å². The zero-order valence-electron chi connectivity index (χ0n) is 16.9. The van der Waals surface area contributed by atoms with Gasteiger partial charge in [-0.1, -0.05) is 13.8 Å². The summed E-state index contributed by atoms with van der Waals surface area (Å²) >= 11 is 0. The SMILES string of the molecule is COc1ccc(CNC(=O)CC[C@@H]2CCCN(C(=O)C(C)C)C2)c(OC)c1. The molecular weight excluding hydrogens is 344 g/mol. The van der Waals surface area contributed by atoms with Crippen LogP contribution >= 0.6 is 0 Å². The van der Waals surface area contributed by atoms with Gasteiger partial charge in [-0.3, -0.25) is 9.59 Å². The van der Waals surface area contributed by atoms with E-state index in [1.165, 1.54) is 0 Å². The highest BCUT2D eigenvalue weighted by Gasteiger charge is 2.25. The van der Waals surface area contributed by atoms with Crippen molar-refractivity contribution < 1.29 is 19.1 Å². The van der Waals surface area contributed by atoms with E-state index in [-0.39, 0.29) is 17.7 Å². The van der Waals surface area contributed by atoms with E-state index in [4.69, 9.17) is 9.47 Å². The third-order valence-electron chi connectivity index (χ3n) is 5.07. The fourth-order valence-corrected chi connectivity index (χ4v) is 3.48. The summed E-state index contributed by atoms with van der Waals surface area (Å²) in [6, 6.07) is 5.56. The normalized spacial score (nSPS) is 16.9. The molecule has 1 aliphatic rings. The molecule has 1 aliphatic heterocycles. The Morgan fingerprint density at radius 1 is 1.26 bits per heavy atom. The Kier molecular flexibility index (Phi) is 7.95. The Balaban J connectivity index is 1.79. The van der Waals surface area contributed by atoms with Gasteiger partial charge in [-0.15, -0.1) is 0 Å². The number of hydrogen-bond acceptors (Lipinski definition) is 4. The van der Waals surface area contributed by atoms with Crippen molar-refractivity contribution in [1.29, 1.82) is 0 Å². The second kappa shape index (κ2) is 10.2. The number of likely N-dealkylation sites (tertiary alicyclic amines) is 1. The van der Waals surface area contributed by atoms with E-state index < -0.39 is 0 Å². The molecule has 1 atom stereocenters. The van der Waals surface area contributed by atoms with Crippen LogP contribution in [0.4, 0.5) is 0 Å². The molecule has 1 fully saturated rings. The van der Waals surface area contributed by atoms with Gasteiger partial charge in [0.05, 0.1) is 14.2 Å². The van der Waals surface area contributed by atoms with Gasteiger partial charge in [0.15, 0.2) is 0 Å². The summed E-state index contributed by atoms with van der Waals surface area (Å²) in [5.41, 5.74) is 0.915. The topological polar surface area (TPSA) is 67.9 Å². The highest BCUT2D eigenvalue weighted by atomic mass is 16.5. The first kappa shape index (κ1) is 21.1. The number of nitrogens with one attached hydrogen (secondary N) is 1. The molecule has 1 N–H and O–H groups in total. The van der Waals surface area contributed by atoms with Gasteiger partial charge in [-0.25, -0.2) is 0 Å². The van der Waals surface area contributed by atoms with Crippen LogP contribution in [0.3, 0.4) is 0 Å². The van der Waals surface area contributed by atoms with Gasteiger partial charge in [-0.05, 0) is 37.3 Å². The van der Waals surface area contributed by atoms with Crippen molar-refractivity contribution in [2.75, 3.05) is 27.3 Å². The molecule has 6 nitrogen and oxygen atoms in total. The van der Waals surface area contributed by atoms with Gasteiger partial charge in [0, 0.05) is 43.6 Å². The quantitative estimate of drug-likeness (QED) is 0.757. The minimum absolute atomic E-state index is 0.0279. The van der Waals surface area contributed by atoms with Crippen LogP contribution in [0.2, 0.25) is 0 Å². The van der Waals surface area contributed by atoms with Crippen molar-refractivity contribution in [1.82, 2.24) is 10.2 Å². The van der Waals surface area contributed by atoms with Crippen LogP contribution in [0.5, 0.6) is 11.5 Å². The lowest BCUT2D eigenvalue weighted by molar-refractivity contribution is -0.136. The maximum atomic E-state index is 12.2. The highest BCUT2D eigenvalue weighted by Crippen LogP contribution is 2.25. The standard InChI is InChI=1S/C21H32N2O4/c1-15(2)21(25)23-11-5-6-16(14-23)7-10-20(24)22-13-17-8-9-18(26-3)12-19(17)27-4/h8-9,12,15-16H,5-7,10-11,13-14H2,1-4H3,(H,22,24)/t16-/m0/s1. The Labute approximate surface area is 162 Å². The molecule has 27 heavy (non-hydrogen) atoms. The molecule has 2 amide bonds. The largest absolute Gasteiger partial charge is 0.497 e. The number of benzene rings is 1. The number of nitrogens with zero attached hydrogens (tertiary/aromatic N) is 1. The Bertz CT molecular complexity index is 645. The van der Waals surface area contributed by atoms with Gasteiger partial charge < -0.3 is 19.7 Å². The summed E-state index contributed by atoms with van der Waals surface area (Å²) in [6.07, 6.45) is 3.40. The predicted molar refractivity (Wildman–Crippen MR) is 105 cm³/mol. The fourth-order valence-electron chi connectivity index (χ4n) is 3.48. The molecule has 1 saturated heterocycles. The third-order valence-corrected chi connectivity index (χ3v) is 5.07. The molecule has 0 bridgehead atoms. The summed E-state index contributed by atoms with van der Waals surface area (Å²) in [6.45, 7) is 5.92. The molecule has 0 aliphatic carbocycles. The molecule has 0 unspecified atom stereocenters. The number of methoxy groups -OCH3 is 2.